The molecular formula is C38H39Cl2N5O6. The molecule has 4 aromatic rings. The maximum Gasteiger partial charge on any atom is 0.309 e. The molecule has 51 heavy (non-hydrogen) atoms. The second-order valence-corrected chi connectivity index (χ2v) is 14.1. The molecule has 2 N–H and O–H groups in total. The molecule has 3 aliphatic rings. The molecule has 0 spiro atoms. The van der Waals surface area contributed by atoms with Crippen molar-refractivity contribution >= 4 is 35.0 Å². The second-order valence-electron chi connectivity index (χ2n) is 13.3. The topological polar surface area (TPSA) is 136 Å². The van der Waals surface area contributed by atoms with Crippen LogP contribution in [0, 0.1) is 11.8 Å². The lowest BCUT2D eigenvalue weighted by molar-refractivity contribution is -0.147. The van der Waals surface area contributed by atoms with Gasteiger partial charge in [0, 0.05) is 55.7 Å². The minimum Gasteiger partial charge on any atom is -0.481 e. The van der Waals surface area contributed by atoms with Crippen molar-refractivity contribution in [2.45, 2.75) is 51.3 Å². The molecule has 7 rings (SSSR count). The fourth-order valence-electron chi connectivity index (χ4n) is 7.30. The molecule has 1 saturated heterocycles. The number of methoxy groups -OCH3 is 2. The zero-order chi connectivity index (χ0) is 35.6. The number of rotatable bonds is 13. The van der Waals surface area contributed by atoms with Gasteiger partial charge in [-0.2, -0.15) is 4.98 Å². The van der Waals surface area contributed by atoms with Gasteiger partial charge in [0.15, 0.2) is 0 Å². The smallest absolute Gasteiger partial charge is 0.309 e. The Bertz CT molecular complexity index is 1970. The van der Waals surface area contributed by atoms with Crippen LogP contribution in [0.3, 0.4) is 0 Å². The molecule has 2 aromatic heterocycles. The number of nitrogens with zero attached hydrogens (tertiary/aromatic N) is 4. The van der Waals surface area contributed by atoms with E-state index in [-0.39, 0.29) is 17.9 Å². The molecule has 0 amide bonds. The number of hydrogen-bond acceptors (Lipinski definition) is 10. The van der Waals surface area contributed by atoms with E-state index in [1.165, 1.54) is 0 Å². The van der Waals surface area contributed by atoms with Gasteiger partial charge < -0.3 is 24.6 Å². The van der Waals surface area contributed by atoms with E-state index in [9.17, 15) is 14.7 Å². The lowest BCUT2D eigenvalue weighted by atomic mass is 9.95. The van der Waals surface area contributed by atoms with Gasteiger partial charge in [-0.15, -0.1) is 0 Å². The van der Waals surface area contributed by atoms with Crippen LogP contribution in [0.1, 0.15) is 54.2 Å². The summed E-state index contributed by atoms with van der Waals surface area (Å²) in [6.45, 7) is 2.67. The lowest BCUT2D eigenvalue weighted by Crippen LogP contribution is -2.49. The van der Waals surface area contributed by atoms with Crippen molar-refractivity contribution in [3.63, 3.8) is 0 Å². The number of pyridine rings is 1. The first kappa shape index (κ1) is 35.1. The van der Waals surface area contributed by atoms with E-state index in [4.69, 9.17) is 42.4 Å². The molecule has 1 aliphatic heterocycles. The highest BCUT2D eigenvalue weighted by atomic mass is 35.5. The molecule has 0 bridgehead atoms. The molecule has 2 aromatic carbocycles. The number of halogens is 2. The molecule has 0 unspecified atom stereocenters. The number of Topliss-reactive ketones (excluding diaryl/α,β-unsaturated/α-hetero) is 1. The number of ketones is 1. The molecular weight excluding hydrogens is 693 g/mol. The first-order valence-electron chi connectivity index (χ1n) is 17.1. The van der Waals surface area contributed by atoms with Gasteiger partial charge in [0.1, 0.15) is 22.6 Å². The Morgan fingerprint density at radius 2 is 1.75 bits per heavy atom. The molecule has 13 heteroatoms. The predicted molar refractivity (Wildman–Crippen MR) is 192 cm³/mol. The third-order valence-electron chi connectivity index (χ3n) is 9.99. The van der Waals surface area contributed by atoms with Crippen molar-refractivity contribution in [1.29, 1.82) is 0 Å². The number of carboxylic acids is 1. The van der Waals surface area contributed by atoms with Gasteiger partial charge in [0.25, 0.3) is 0 Å². The van der Waals surface area contributed by atoms with E-state index in [2.05, 4.69) is 27.4 Å². The number of fused-ring (bicyclic) bond motifs is 1. The monoisotopic (exact) mass is 731 g/mol. The summed E-state index contributed by atoms with van der Waals surface area (Å²) < 4.78 is 17.6. The minimum absolute atomic E-state index is 0.278. The van der Waals surface area contributed by atoms with E-state index in [1.807, 2.05) is 29.2 Å². The van der Waals surface area contributed by atoms with Crippen LogP contribution >= 0.6 is 23.2 Å². The molecule has 3 heterocycles. The Balaban J connectivity index is 1.08. The van der Waals surface area contributed by atoms with Crippen molar-refractivity contribution in [2.24, 2.45) is 11.8 Å². The largest absolute Gasteiger partial charge is 0.481 e. The van der Waals surface area contributed by atoms with Gasteiger partial charge in [-0.25, -0.2) is 4.98 Å². The summed E-state index contributed by atoms with van der Waals surface area (Å²) in [7, 11) is 3.13. The van der Waals surface area contributed by atoms with E-state index in [0.29, 0.717) is 83.9 Å². The van der Waals surface area contributed by atoms with E-state index >= 15 is 0 Å². The SMILES string of the molecule is COc1nc(O[C@H]2CCc3c(-c4cccc(-c5cnc(CNC[C@@H]6CCC(=O)C6)c(OC)n5)c4Cl)cccc32)c(Cl)cc1CN1CC(C(=O)O)C1. The third-order valence-corrected chi connectivity index (χ3v) is 10.7. The predicted octanol–water partition coefficient (Wildman–Crippen LogP) is 6.57. The van der Waals surface area contributed by atoms with Crippen molar-refractivity contribution in [2.75, 3.05) is 33.9 Å². The van der Waals surface area contributed by atoms with Crippen LogP contribution in [0.4, 0.5) is 0 Å². The molecule has 2 aliphatic carbocycles. The van der Waals surface area contributed by atoms with Crippen molar-refractivity contribution in [3.05, 3.63) is 81.1 Å². The number of ether oxygens (including phenoxy) is 3. The maximum atomic E-state index is 11.6. The number of carboxylic acid groups (broad SMARTS) is 1. The number of aliphatic carboxylic acids is 1. The normalized spacial score (nSPS) is 18.8. The molecule has 2 fully saturated rings. The van der Waals surface area contributed by atoms with Gasteiger partial charge in [-0.1, -0.05) is 59.6 Å². The van der Waals surface area contributed by atoms with Crippen molar-refractivity contribution in [3.8, 4) is 40.0 Å². The summed E-state index contributed by atoms with van der Waals surface area (Å²) in [5.41, 5.74) is 6.88. The Hall–Kier alpha value is -4.29. The Morgan fingerprint density at radius 3 is 2.49 bits per heavy atom. The fraction of sp³-hybridized carbons (Fsp3) is 0.395. The van der Waals surface area contributed by atoms with E-state index in [0.717, 1.165) is 59.2 Å². The highest BCUT2D eigenvalue weighted by molar-refractivity contribution is 6.36. The molecule has 11 nitrogen and oxygen atoms in total. The van der Waals surface area contributed by atoms with E-state index in [1.54, 1.807) is 26.5 Å². The van der Waals surface area contributed by atoms with Gasteiger partial charge in [0.05, 0.1) is 37.1 Å². The standard InChI is InChI=1S/C38H39Cl2N5O6/c1-49-35-22(18-45-19-23(20-45)38(47)48)14-30(39)36(44-35)51-33-12-11-26-25(5-3-6-27(26)33)28-7-4-8-29(34(28)40)31-17-42-32(37(43-31)50-2)16-41-15-21-9-10-24(46)13-21/h3-8,14,17,21,23,33,41H,9-13,15-16,18-20H2,1-2H3,(H,47,48)/t21-,33+/m1/s1. The number of carbonyl (C=O) groups is 2. The average molecular weight is 733 g/mol. The lowest BCUT2D eigenvalue weighted by Gasteiger charge is -2.36. The first-order chi connectivity index (χ1) is 24.7. The fourth-order valence-corrected chi connectivity index (χ4v) is 7.84. The Labute approximate surface area is 306 Å². The van der Waals surface area contributed by atoms with Crippen LogP contribution < -0.4 is 19.5 Å². The quantitative estimate of drug-likeness (QED) is 0.155. The summed E-state index contributed by atoms with van der Waals surface area (Å²) in [4.78, 5) is 38.9. The molecule has 2 atom stereocenters. The maximum absolute atomic E-state index is 11.6. The number of benzene rings is 2. The minimum atomic E-state index is -0.784. The Kier molecular flexibility index (Phi) is 10.4. The number of aromatic nitrogens is 3. The second kappa shape index (κ2) is 15.1. The summed E-state index contributed by atoms with van der Waals surface area (Å²) in [6, 6.07) is 13.8. The highest BCUT2D eigenvalue weighted by Crippen LogP contribution is 2.44. The summed E-state index contributed by atoms with van der Waals surface area (Å²) in [5, 5.41) is 13.5. The zero-order valence-electron chi connectivity index (χ0n) is 28.5. The van der Waals surface area contributed by atoms with Crippen LogP contribution in [0.5, 0.6) is 17.6 Å². The van der Waals surface area contributed by atoms with Crippen molar-refractivity contribution < 1.29 is 28.9 Å². The van der Waals surface area contributed by atoms with Crippen LogP contribution in [-0.2, 0) is 29.1 Å². The van der Waals surface area contributed by atoms with Crippen molar-refractivity contribution in [1.82, 2.24) is 25.2 Å². The van der Waals surface area contributed by atoms with E-state index < -0.39 is 5.97 Å². The van der Waals surface area contributed by atoms with Gasteiger partial charge >= 0.3 is 5.97 Å². The highest BCUT2D eigenvalue weighted by Gasteiger charge is 2.34. The number of hydrogen-bond donors (Lipinski definition) is 2. The number of likely N-dealkylation sites (tertiary alicyclic amines) is 1. The van der Waals surface area contributed by atoms with Crippen LogP contribution in [0.2, 0.25) is 10.0 Å². The molecule has 0 radical (unpaired) electrons. The summed E-state index contributed by atoms with van der Waals surface area (Å²) >= 11 is 13.8. The van der Waals surface area contributed by atoms with Gasteiger partial charge in [0.2, 0.25) is 17.6 Å². The average Bonchev–Trinajstić information content (AvgIpc) is 3.72. The van der Waals surface area contributed by atoms with Gasteiger partial charge in [-0.05, 0) is 54.5 Å². The van der Waals surface area contributed by atoms with Crippen LogP contribution in [-0.4, -0.2) is 70.6 Å². The third kappa shape index (κ3) is 7.39. The van der Waals surface area contributed by atoms with Crippen LogP contribution in [0.15, 0.2) is 48.7 Å². The van der Waals surface area contributed by atoms with Gasteiger partial charge in [-0.3, -0.25) is 19.5 Å². The summed E-state index contributed by atoms with van der Waals surface area (Å²) in [5.74, 6) is 0.662. The number of nitrogens with one attached hydrogen (secondary N) is 1. The number of carbonyl (C=O) groups excluding carboxylic acids is 1. The molecule has 1 saturated carbocycles. The zero-order valence-corrected chi connectivity index (χ0v) is 30.0. The Morgan fingerprint density at radius 1 is 0.980 bits per heavy atom. The first-order valence-corrected chi connectivity index (χ1v) is 17.9. The molecule has 266 valence electrons. The summed E-state index contributed by atoms with van der Waals surface area (Å²) in [6.07, 6.45) is 5.17. The van der Waals surface area contributed by atoms with Crippen LogP contribution in [0.25, 0.3) is 22.4 Å².